The van der Waals surface area contributed by atoms with Gasteiger partial charge >= 0.3 is 0 Å². The summed E-state index contributed by atoms with van der Waals surface area (Å²) in [6.07, 6.45) is 15.4. The van der Waals surface area contributed by atoms with Gasteiger partial charge in [0.15, 0.2) is 0 Å². The van der Waals surface area contributed by atoms with Crippen LogP contribution in [0.1, 0.15) is 76.1 Å². The highest BCUT2D eigenvalue weighted by Crippen LogP contribution is 2.25. The van der Waals surface area contributed by atoms with Crippen LogP contribution in [-0.2, 0) is 17.8 Å². The van der Waals surface area contributed by atoms with Crippen LogP contribution < -0.4 is 5.32 Å². The molecule has 1 N–H and O–H groups in total. The van der Waals surface area contributed by atoms with Gasteiger partial charge in [0.2, 0.25) is 5.91 Å². The Morgan fingerprint density at radius 3 is 2.62 bits per heavy atom. The Morgan fingerprint density at radius 1 is 1.15 bits per heavy atom. The van der Waals surface area contributed by atoms with Crippen LogP contribution in [0.3, 0.4) is 0 Å². The molecule has 2 heterocycles. The Balaban J connectivity index is 1.46. The van der Waals surface area contributed by atoms with Crippen molar-refractivity contribution >= 4 is 5.91 Å². The predicted octanol–water partition coefficient (Wildman–Crippen LogP) is 3.48. The zero-order valence-corrected chi connectivity index (χ0v) is 16.3. The summed E-state index contributed by atoms with van der Waals surface area (Å²) in [5.41, 5.74) is 1.20. The van der Waals surface area contributed by atoms with Crippen LogP contribution in [0, 0.1) is 5.92 Å². The standard InChI is InChI=1S/C21H34N4O/c1-2-7-20-23-14-17(15-24-20)16-25-13-6-5-10-19(25)11-12-22-21(26)18-8-3-4-9-18/h14-15,18-19H,2-13,16H2,1H3,(H,22,26). The number of carbonyl (C=O) groups excluding carboxylic acids is 1. The molecule has 0 bridgehead atoms. The van der Waals surface area contributed by atoms with Crippen LogP contribution in [0.2, 0.25) is 0 Å². The van der Waals surface area contributed by atoms with Gasteiger partial charge in [-0.05, 0) is 45.1 Å². The maximum atomic E-state index is 12.2. The molecular formula is C21H34N4O. The third-order valence-electron chi connectivity index (χ3n) is 5.87. The zero-order valence-electron chi connectivity index (χ0n) is 16.3. The number of aryl methyl sites for hydroxylation is 1. The minimum Gasteiger partial charge on any atom is -0.356 e. The zero-order chi connectivity index (χ0) is 18.2. The number of aromatic nitrogens is 2. The number of nitrogens with one attached hydrogen (secondary N) is 1. The molecule has 1 atom stereocenters. The minimum atomic E-state index is 0.274. The van der Waals surface area contributed by atoms with E-state index in [9.17, 15) is 4.79 Å². The number of rotatable bonds is 8. The molecule has 1 saturated heterocycles. The van der Waals surface area contributed by atoms with E-state index in [1.807, 2.05) is 12.4 Å². The van der Waals surface area contributed by atoms with E-state index in [2.05, 4.69) is 27.1 Å². The molecule has 1 saturated carbocycles. The second-order valence-corrected chi connectivity index (χ2v) is 7.94. The van der Waals surface area contributed by atoms with Crippen molar-refractivity contribution in [2.24, 2.45) is 5.92 Å². The molecule has 0 aromatic carbocycles. The van der Waals surface area contributed by atoms with E-state index >= 15 is 0 Å². The number of carbonyl (C=O) groups is 1. The average Bonchev–Trinajstić information content (AvgIpc) is 3.20. The largest absolute Gasteiger partial charge is 0.356 e. The van der Waals surface area contributed by atoms with Gasteiger partial charge in [0.25, 0.3) is 0 Å². The summed E-state index contributed by atoms with van der Waals surface area (Å²) in [6.45, 7) is 5.02. The third-order valence-corrected chi connectivity index (χ3v) is 5.87. The third kappa shape index (κ3) is 5.50. The average molecular weight is 359 g/mol. The highest BCUT2D eigenvalue weighted by atomic mass is 16.1. The highest BCUT2D eigenvalue weighted by molar-refractivity contribution is 5.78. The number of amides is 1. The maximum Gasteiger partial charge on any atom is 0.223 e. The Labute approximate surface area is 158 Å². The molecule has 5 nitrogen and oxygen atoms in total. The summed E-state index contributed by atoms with van der Waals surface area (Å²) in [5.74, 6) is 1.50. The molecule has 2 aliphatic rings. The van der Waals surface area contributed by atoms with Gasteiger partial charge in [-0.1, -0.05) is 26.2 Å². The molecule has 0 radical (unpaired) electrons. The smallest absolute Gasteiger partial charge is 0.223 e. The lowest BCUT2D eigenvalue weighted by atomic mass is 9.98. The van der Waals surface area contributed by atoms with Crippen LogP contribution in [0.5, 0.6) is 0 Å². The van der Waals surface area contributed by atoms with Crippen molar-refractivity contribution in [1.82, 2.24) is 20.2 Å². The normalized spacial score (nSPS) is 21.8. The lowest BCUT2D eigenvalue weighted by molar-refractivity contribution is -0.124. The van der Waals surface area contributed by atoms with Crippen molar-refractivity contribution < 1.29 is 4.79 Å². The second kappa shape index (κ2) is 10.0. The molecule has 3 rings (SSSR count). The van der Waals surface area contributed by atoms with Crippen LogP contribution in [0.25, 0.3) is 0 Å². The van der Waals surface area contributed by atoms with Crippen molar-refractivity contribution in [3.63, 3.8) is 0 Å². The minimum absolute atomic E-state index is 0.274. The molecule has 1 aromatic rings. The van der Waals surface area contributed by atoms with Crippen molar-refractivity contribution in [1.29, 1.82) is 0 Å². The Hall–Kier alpha value is -1.49. The van der Waals surface area contributed by atoms with E-state index in [1.54, 1.807) is 0 Å². The molecule has 5 heteroatoms. The Bertz CT molecular complexity index is 554. The van der Waals surface area contributed by atoms with E-state index in [0.717, 1.165) is 57.6 Å². The van der Waals surface area contributed by atoms with Gasteiger partial charge in [0.05, 0.1) is 0 Å². The van der Waals surface area contributed by atoms with Crippen molar-refractivity contribution in [3.8, 4) is 0 Å². The SMILES string of the molecule is CCCc1ncc(CN2CCCCC2CCNC(=O)C2CCCC2)cn1. The molecule has 1 aliphatic carbocycles. The summed E-state index contributed by atoms with van der Waals surface area (Å²) < 4.78 is 0. The summed E-state index contributed by atoms with van der Waals surface area (Å²) in [7, 11) is 0. The van der Waals surface area contributed by atoms with Gasteiger partial charge in [-0.15, -0.1) is 0 Å². The monoisotopic (exact) mass is 358 g/mol. The van der Waals surface area contributed by atoms with E-state index < -0.39 is 0 Å². The van der Waals surface area contributed by atoms with Gasteiger partial charge in [0.1, 0.15) is 5.82 Å². The van der Waals surface area contributed by atoms with Crippen LogP contribution >= 0.6 is 0 Å². The number of likely N-dealkylation sites (tertiary alicyclic amines) is 1. The fourth-order valence-corrected chi connectivity index (χ4v) is 4.34. The van der Waals surface area contributed by atoms with Gasteiger partial charge in [-0.3, -0.25) is 9.69 Å². The Kier molecular flexibility index (Phi) is 7.42. The summed E-state index contributed by atoms with van der Waals surface area (Å²) in [5, 5.41) is 3.19. The van der Waals surface area contributed by atoms with Crippen molar-refractivity contribution in [2.75, 3.05) is 13.1 Å². The molecular weight excluding hydrogens is 324 g/mol. The lowest BCUT2D eigenvalue weighted by Gasteiger charge is -2.35. The maximum absolute atomic E-state index is 12.2. The van der Waals surface area contributed by atoms with Gasteiger partial charge in [0, 0.05) is 49.4 Å². The highest BCUT2D eigenvalue weighted by Gasteiger charge is 2.25. The first-order chi connectivity index (χ1) is 12.8. The van der Waals surface area contributed by atoms with Gasteiger partial charge in [-0.2, -0.15) is 0 Å². The van der Waals surface area contributed by atoms with Crippen LogP contribution in [0.4, 0.5) is 0 Å². The molecule has 26 heavy (non-hydrogen) atoms. The molecule has 1 unspecified atom stereocenters. The lowest BCUT2D eigenvalue weighted by Crippen LogP contribution is -2.41. The summed E-state index contributed by atoms with van der Waals surface area (Å²) in [4.78, 5) is 23.7. The molecule has 1 aromatic heterocycles. The first kappa shape index (κ1) is 19.3. The quantitative estimate of drug-likeness (QED) is 0.773. The number of hydrogen-bond donors (Lipinski definition) is 1. The van der Waals surface area contributed by atoms with E-state index in [0.29, 0.717) is 6.04 Å². The fraction of sp³-hybridized carbons (Fsp3) is 0.762. The topological polar surface area (TPSA) is 58.1 Å². The summed E-state index contributed by atoms with van der Waals surface area (Å²) in [6, 6.07) is 0.558. The van der Waals surface area contributed by atoms with E-state index in [4.69, 9.17) is 0 Å². The van der Waals surface area contributed by atoms with Gasteiger partial charge in [-0.25, -0.2) is 9.97 Å². The molecule has 144 valence electrons. The van der Waals surface area contributed by atoms with Crippen molar-refractivity contribution in [3.05, 3.63) is 23.8 Å². The molecule has 1 amide bonds. The summed E-state index contributed by atoms with van der Waals surface area (Å²) >= 11 is 0. The first-order valence-corrected chi connectivity index (χ1v) is 10.6. The van der Waals surface area contributed by atoms with Crippen molar-refractivity contribution in [2.45, 2.75) is 83.7 Å². The molecule has 1 aliphatic heterocycles. The van der Waals surface area contributed by atoms with E-state index in [1.165, 1.54) is 37.7 Å². The van der Waals surface area contributed by atoms with E-state index in [-0.39, 0.29) is 11.8 Å². The van der Waals surface area contributed by atoms with Crippen LogP contribution in [0.15, 0.2) is 12.4 Å². The number of piperidine rings is 1. The number of nitrogens with zero attached hydrogens (tertiary/aromatic N) is 3. The molecule has 2 fully saturated rings. The number of hydrogen-bond acceptors (Lipinski definition) is 4. The fourth-order valence-electron chi connectivity index (χ4n) is 4.34. The second-order valence-electron chi connectivity index (χ2n) is 7.94. The molecule has 0 spiro atoms. The Morgan fingerprint density at radius 2 is 1.88 bits per heavy atom. The van der Waals surface area contributed by atoms with Crippen LogP contribution in [-0.4, -0.2) is 39.9 Å². The van der Waals surface area contributed by atoms with Gasteiger partial charge < -0.3 is 5.32 Å². The predicted molar refractivity (Wildman–Crippen MR) is 104 cm³/mol. The first-order valence-electron chi connectivity index (χ1n) is 10.6.